The molecule has 0 bridgehead atoms. The van der Waals surface area contributed by atoms with Crippen LogP contribution in [-0.2, 0) is 4.79 Å². The second-order valence-corrected chi connectivity index (χ2v) is 4.03. The number of hydrogen-bond acceptors (Lipinski definition) is 4. The smallest absolute Gasteiger partial charge is 0.239 e. The van der Waals surface area contributed by atoms with Gasteiger partial charge < -0.3 is 20.4 Å². The highest BCUT2D eigenvalue weighted by Crippen LogP contribution is 2.14. The van der Waals surface area contributed by atoms with E-state index in [0.29, 0.717) is 0 Å². The van der Waals surface area contributed by atoms with Crippen molar-refractivity contribution in [3.8, 4) is 0 Å². The molecule has 0 aliphatic carbocycles. The molecule has 2 heterocycles. The van der Waals surface area contributed by atoms with Crippen molar-refractivity contribution in [2.45, 2.75) is 31.1 Å². The number of nitrogens with zero attached hydrogens (tertiary/aromatic N) is 1. The summed E-state index contributed by atoms with van der Waals surface area (Å²) in [5.41, 5.74) is 0. The Morgan fingerprint density at radius 1 is 1.29 bits per heavy atom. The van der Waals surface area contributed by atoms with E-state index in [9.17, 15) is 15.0 Å². The fourth-order valence-corrected chi connectivity index (χ4v) is 2.07. The number of nitrogens with one attached hydrogen (secondary N) is 1. The van der Waals surface area contributed by atoms with Crippen molar-refractivity contribution in [3.63, 3.8) is 0 Å². The zero-order valence-corrected chi connectivity index (χ0v) is 8.02. The fraction of sp³-hybridized carbons (Fsp3) is 0.889. The summed E-state index contributed by atoms with van der Waals surface area (Å²) in [6.45, 7) is 1.41. The van der Waals surface area contributed by atoms with Crippen LogP contribution >= 0.6 is 0 Å². The maximum atomic E-state index is 11.8. The monoisotopic (exact) mass is 200 g/mol. The van der Waals surface area contributed by atoms with Crippen LogP contribution in [0.5, 0.6) is 0 Å². The quantitative estimate of drug-likeness (QED) is 0.472. The van der Waals surface area contributed by atoms with E-state index in [0.717, 1.165) is 19.4 Å². The van der Waals surface area contributed by atoms with Gasteiger partial charge in [-0.05, 0) is 19.4 Å². The molecule has 5 nitrogen and oxygen atoms in total. The highest BCUT2D eigenvalue weighted by atomic mass is 16.3. The van der Waals surface area contributed by atoms with Gasteiger partial charge in [-0.1, -0.05) is 0 Å². The number of amides is 1. The minimum Gasteiger partial charge on any atom is -0.388 e. The molecule has 2 fully saturated rings. The predicted octanol–water partition coefficient (Wildman–Crippen LogP) is -1.70. The summed E-state index contributed by atoms with van der Waals surface area (Å²) in [5.74, 6) is 0.0121. The van der Waals surface area contributed by atoms with E-state index in [1.807, 2.05) is 0 Å². The molecule has 0 aromatic carbocycles. The maximum Gasteiger partial charge on any atom is 0.239 e. The Morgan fingerprint density at radius 2 is 1.93 bits per heavy atom. The average Bonchev–Trinajstić information content (AvgIpc) is 2.76. The number of aliphatic hydroxyl groups is 2. The molecule has 2 rings (SSSR count). The van der Waals surface area contributed by atoms with Crippen LogP contribution in [0.3, 0.4) is 0 Å². The van der Waals surface area contributed by atoms with Crippen molar-refractivity contribution < 1.29 is 15.0 Å². The summed E-state index contributed by atoms with van der Waals surface area (Å²) in [5, 5.41) is 21.7. The normalized spacial score (nSPS) is 37.9. The number of rotatable bonds is 1. The standard InChI is InChI=1S/C9H16N2O3/c12-7-4-11(5-8(7)13)9(14)6-2-1-3-10-6/h6-8,10,12-13H,1-5H2/t6-,7-,8+/m1/s1. The van der Waals surface area contributed by atoms with Crippen molar-refractivity contribution in [2.24, 2.45) is 0 Å². The highest BCUT2D eigenvalue weighted by Gasteiger charge is 2.36. The van der Waals surface area contributed by atoms with E-state index < -0.39 is 12.2 Å². The summed E-state index contributed by atoms with van der Waals surface area (Å²) >= 11 is 0. The molecular weight excluding hydrogens is 184 g/mol. The molecule has 14 heavy (non-hydrogen) atoms. The molecule has 2 aliphatic rings. The molecule has 5 heteroatoms. The predicted molar refractivity (Wildman–Crippen MR) is 49.6 cm³/mol. The van der Waals surface area contributed by atoms with Crippen LogP contribution in [0.1, 0.15) is 12.8 Å². The lowest BCUT2D eigenvalue weighted by atomic mass is 10.2. The Morgan fingerprint density at radius 3 is 2.43 bits per heavy atom. The molecule has 0 saturated carbocycles. The zero-order chi connectivity index (χ0) is 10.1. The van der Waals surface area contributed by atoms with Crippen LogP contribution in [0.4, 0.5) is 0 Å². The van der Waals surface area contributed by atoms with Gasteiger partial charge in [0.25, 0.3) is 0 Å². The van der Waals surface area contributed by atoms with Crippen molar-refractivity contribution in [1.29, 1.82) is 0 Å². The van der Waals surface area contributed by atoms with Gasteiger partial charge in [0.15, 0.2) is 0 Å². The van der Waals surface area contributed by atoms with Crippen LogP contribution in [-0.4, -0.2) is 58.9 Å². The van der Waals surface area contributed by atoms with Gasteiger partial charge >= 0.3 is 0 Å². The first-order valence-corrected chi connectivity index (χ1v) is 5.07. The van der Waals surface area contributed by atoms with Gasteiger partial charge in [-0.3, -0.25) is 4.79 Å². The van der Waals surface area contributed by atoms with Crippen molar-refractivity contribution >= 4 is 5.91 Å². The van der Waals surface area contributed by atoms with Gasteiger partial charge in [0.2, 0.25) is 5.91 Å². The van der Waals surface area contributed by atoms with E-state index >= 15 is 0 Å². The summed E-state index contributed by atoms with van der Waals surface area (Å²) in [7, 11) is 0. The first-order valence-electron chi connectivity index (χ1n) is 5.07. The molecule has 2 saturated heterocycles. The van der Waals surface area contributed by atoms with E-state index in [1.54, 1.807) is 4.90 Å². The average molecular weight is 200 g/mol. The molecule has 80 valence electrons. The van der Waals surface area contributed by atoms with E-state index in [2.05, 4.69) is 5.32 Å². The molecule has 0 aromatic heterocycles. The van der Waals surface area contributed by atoms with Gasteiger partial charge in [0.05, 0.1) is 18.2 Å². The second kappa shape index (κ2) is 3.84. The fourth-order valence-electron chi connectivity index (χ4n) is 2.07. The topological polar surface area (TPSA) is 72.8 Å². The van der Waals surface area contributed by atoms with Gasteiger partial charge in [0, 0.05) is 13.1 Å². The number of carbonyl (C=O) groups is 1. The van der Waals surface area contributed by atoms with E-state index in [4.69, 9.17) is 0 Å². The minimum absolute atomic E-state index is 0.0121. The molecule has 0 unspecified atom stereocenters. The van der Waals surface area contributed by atoms with Crippen LogP contribution in [0.2, 0.25) is 0 Å². The van der Waals surface area contributed by atoms with Crippen LogP contribution in [0, 0.1) is 0 Å². The van der Waals surface area contributed by atoms with Gasteiger partial charge in [-0.15, -0.1) is 0 Å². The Balaban J connectivity index is 1.92. The second-order valence-electron chi connectivity index (χ2n) is 4.03. The lowest BCUT2D eigenvalue weighted by molar-refractivity contribution is -0.132. The largest absolute Gasteiger partial charge is 0.388 e. The first kappa shape index (κ1) is 9.89. The molecule has 3 N–H and O–H groups in total. The molecule has 2 aliphatic heterocycles. The Kier molecular flexibility index (Phi) is 2.71. The maximum absolute atomic E-state index is 11.8. The number of β-amino-alcohol motifs (C(OH)–C–C–N with tert-alkyl or cyclic N) is 2. The highest BCUT2D eigenvalue weighted by molar-refractivity contribution is 5.82. The van der Waals surface area contributed by atoms with Crippen molar-refractivity contribution in [3.05, 3.63) is 0 Å². The lowest BCUT2D eigenvalue weighted by Gasteiger charge is -2.19. The molecule has 1 amide bonds. The Hall–Kier alpha value is -0.650. The van der Waals surface area contributed by atoms with Gasteiger partial charge in [-0.25, -0.2) is 0 Å². The van der Waals surface area contributed by atoms with Crippen LogP contribution in [0.25, 0.3) is 0 Å². The molecule has 0 spiro atoms. The van der Waals surface area contributed by atoms with Crippen molar-refractivity contribution in [2.75, 3.05) is 19.6 Å². The summed E-state index contributed by atoms with van der Waals surface area (Å²) < 4.78 is 0. The van der Waals surface area contributed by atoms with E-state index in [-0.39, 0.29) is 25.0 Å². The molecule has 3 atom stereocenters. The summed E-state index contributed by atoms with van der Waals surface area (Å²) in [6.07, 6.45) is 0.331. The minimum atomic E-state index is -0.777. The van der Waals surface area contributed by atoms with Crippen LogP contribution in [0.15, 0.2) is 0 Å². The van der Waals surface area contributed by atoms with Crippen LogP contribution < -0.4 is 5.32 Å². The van der Waals surface area contributed by atoms with Gasteiger partial charge in [-0.2, -0.15) is 0 Å². The first-order chi connectivity index (χ1) is 6.68. The number of likely N-dealkylation sites (tertiary alicyclic amines) is 1. The third-order valence-corrected chi connectivity index (χ3v) is 2.93. The summed E-state index contributed by atoms with van der Waals surface area (Å²) in [6, 6.07) is -0.104. The zero-order valence-electron chi connectivity index (χ0n) is 8.02. The lowest BCUT2D eigenvalue weighted by Crippen LogP contribution is -2.43. The third-order valence-electron chi connectivity index (χ3n) is 2.93. The number of aliphatic hydroxyl groups excluding tert-OH is 2. The molecule has 0 aromatic rings. The Labute approximate surface area is 82.7 Å². The Bertz CT molecular complexity index is 218. The van der Waals surface area contributed by atoms with Crippen molar-refractivity contribution in [1.82, 2.24) is 10.2 Å². The molecular formula is C9H16N2O3. The van der Waals surface area contributed by atoms with Gasteiger partial charge in [0.1, 0.15) is 0 Å². The SMILES string of the molecule is O=C([C@H]1CCCN1)N1C[C@@H](O)[C@@H](O)C1. The van der Waals surface area contributed by atoms with E-state index in [1.165, 1.54) is 0 Å². The number of carbonyl (C=O) groups excluding carboxylic acids is 1. The third kappa shape index (κ3) is 1.75. The summed E-state index contributed by atoms with van der Waals surface area (Å²) in [4.78, 5) is 13.3. The number of hydrogen-bond donors (Lipinski definition) is 3. The molecule has 0 radical (unpaired) electrons.